The highest BCUT2D eigenvalue weighted by atomic mass is 16.5. The van der Waals surface area contributed by atoms with Crippen LogP contribution >= 0.6 is 0 Å². The predicted octanol–water partition coefficient (Wildman–Crippen LogP) is 3.08. The van der Waals surface area contributed by atoms with E-state index in [2.05, 4.69) is 5.32 Å². The summed E-state index contributed by atoms with van der Waals surface area (Å²) in [5, 5.41) is 2.89. The van der Waals surface area contributed by atoms with Crippen molar-refractivity contribution in [3.63, 3.8) is 0 Å². The van der Waals surface area contributed by atoms with Gasteiger partial charge in [0.1, 0.15) is 11.8 Å². The predicted molar refractivity (Wildman–Crippen MR) is 103 cm³/mol. The first kappa shape index (κ1) is 18.9. The lowest BCUT2D eigenvalue weighted by molar-refractivity contribution is -0.119. The van der Waals surface area contributed by atoms with Crippen LogP contribution < -0.4 is 10.1 Å². The fourth-order valence-corrected chi connectivity index (χ4v) is 3.26. The third kappa shape index (κ3) is 4.46. The Bertz CT molecular complexity index is 787. The molecular weight excluding hydrogens is 344 g/mol. The van der Waals surface area contributed by atoms with Crippen molar-refractivity contribution in [3.05, 3.63) is 59.7 Å². The van der Waals surface area contributed by atoms with Gasteiger partial charge in [0.05, 0.1) is 13.7 Å². The molecule has 6 heteroatoms. The molecule has 0 saturated carbocycles. The van der Waals surface area contributed by atoms with Gasteiger partial charge in [0.15, 0.2) is 0 Å². The van der Waals surface area contributed by atoms with E-state index in [1.807, 2.05) is 12.1 Å². The lowest BCUT2D eigenvalue weighted by Gasteiger charge is -2.24. The summed E-state index contributed by atoms with van der Waals surface area (Å²) in [6, 6.07) is 14.0. The number of nitrogens with one attached hydrogen (secondary N) is 1. The lowest BCUT2D eigenvalue weighted by atomic mass is 10.1. The van der Waals surface area contributed by atoms with Gasteiger partial charge in [-0.2, -0.15) is 0 Å². The minimum Gasteiger partial charge on any atom is -0.497 e. The van der Waals surface area contributed by atoms with Gasteiger partial charge < -0.3 is 19.7 Å². The van der Waals surface area contributed by atoms with E-state index in [1.54, 1.807) is 55.5 Å². The minimum absolute atomic E-state index is 0.119. The quantitative estimate of drug-likeness (QED) is 0.851. The van der Waals surface area contributed by atoms with Crippen LogP contribution in [0.5, 0.6) is 5.75 Å². The zero-order valence-corrected chi connectivity index (χ0v) is 15.6. The van der Waals surface area contributed by atoms with Gasteiger partial charge in [-0.05, 0) is 54.8 Å². The average molecular weight is 368 g/mol. The second-order valence-corrected chi connectivity index (χ2v) is 6.50. The molecule has 1 saturated heterocycles. The minimum atomic E-state index is -0.460. The van der Waals surface area contributed by atoms with Gasteiger partial charge >= 0.3 is 0 Å². The first-order valence-corrected chi connectivity index (χ1v) is 8.96. The summed E-state index contributed by atoms with van der Waals surface area (Å²) in [5.74, 6) is 0.441. The summed E-state index contributed by atoms with van der Waals surface area (Å²) < 4.78 is 10.2. The molecule has 1 atom stereocenters. The number of methoxy groups -OCH3 is 2. The molecule has 1 aliphatic rings. The number of hydrogen-bond donors (Lipinski definition) is 1. The van der Waals surface area contributed by atoms with Crippen molar-refractivity contribution in [2.24, 2.45) is 0 Å². The lowest BCUT2D eigenvalue weighted by Crippen LogP contribution is -2.43. The van der Waals surface area contributed by atoms with Crippen molar-refractivity contribution in [1.29, 1.82) is 0 Å². The maximum Gasteiger partial charge on any atom is 0.254 e. The van der Waals surface area contributed by atoms with Gasteiger partial charge in [-0.3, -0.25) is 9.59 Å². The second kappa shape index (κ2) is 8.68. The van der Waals surface area contributed by atoms with Crippen molar-refractivity contribution in [2.45, 2.75) is 25.5 Å². The van der Waals surface area contributed by atoms with Crippen molar-refractivity contribution in [3.8, 4) is 5.75 Å². The molecule has 142 valence electrons. The first-order chi connectivity index (χ1) is 13.1. The van der Waals surface area contributed by atoms with Crippen LogP contribution in [0.2, 0.25) is 0 Å². The molecule has 1 aliphatic heterocycles. The van der Waals surface area contributed by atoms with Crippen molar-refractivity contribution >= 4 is 17.5 Å². The summed E-state index contributed by atoms with van der Waals surface area (Å²) in [7, 11) is 3.23. The summed E-state index contributed by atoms with van der Waals surface area (Å²) in [6.07, 6.45) is 1.48. The number of nitrogens with zero attached hydrogens (tertiary/aromatic N) is 1. The maximum atomic E-state index is 12.9. The Morgan fingerprint density at radius 1 is 1.07 bits per heavy atom. The molecule has 6 nitrogen and oxygen atoms in total. The van der Waals surface area contributed by atoms with Crippen molar-refractivity contribution in [2.75, 3.05) is 26.1 Å². The zero-order valence-electron chi connectivity index (χ0n) is 15.6. The van der Waals surface area contributed by atoms with Gasteiger partial charge in [-0.25, -0.2) is 0 Å². The summed E-state index contributed by atoms with van der Waals surface area (Å²) in [5.41, 5.74) is 2.27. The number of rotatable bonds is 6. The smallest absolute Gasteiger partial charge is 0.254 e. The highest BCUT2D eigenvalue weighted by molar-refractivity contribution is 6.01. The van der Waals surface area contributed by atoms with Crippen LogP contribution in [0.1, 0.15) is 28.8 Å². The Labute approximate surface area is 159 Å². The molecule has 2 amide bonds. The van der Waals surface area contributed by atoms with E-state index in [0.29, 0.717) is 30.8 Å². The molecule has 1 fully saturated rings. The monoisotopic (exact) mass is 368 g/mol. The van der Waals surface area contributed by atoms with Crippen molar-refractivity contribution in [1.82, 2.24) is 4.90 Å². The Morgan fingerprint density at radius 3 is 2.41 bits per heavy atom. The number of amides is 2. The van der Waals surface area contributed by atoms with Crippen LogP contribution in [0.4, 0.5) is 5.69 Å². The molecule has 2 aromatic carbocycles. The molecule has 0 aliphatic carbocycles. The topological polar surface area (TPSA) is 67.9 Å². The molecule has 0 spiro atoms. The van der Waals surface area contributed by atoms with Crippen molar-refractivity contribution < 1.29 is 19.1 Å². The third-order valence-corrected chi connectivity index (χ3v) is 4.69. The molecule has 0 bridgehead atoms. The number of anilines is 1. The number of ether oxygens (including phenoxy) is 2. The molecule has 1 unspecified atom stereocenters. The van der Waals surface area contributed by atoms with E-state index in [4.69, 9.17) is 9.47 Å². The molecular formula is C21H24N2O4. The Kier molecular flexibility index (Phi) is 6.08. The maximum absolute atomic E-state index is 12.9. The van der Waals surface area contributed by atoms with Crippen LogP contribution in [-0.4, -0.2) is 43.5 Å². The summed E-state index contributed by atoms with van der Waals surface area (Å²) >= 11 is 0. The molecule has 3 rings (SSSR count). The van der Waals surface area contributed by atoms with Crippen LogP contribution in [0.15, 0.2) is 48.5 Å². The first-order valence-electron chi connectivity index (χ1n) is 8.96. The fraction of sp³-hybridized carbons (Fsp3) is 0.333. The van der Waals surface area contributed by atoms with Crippen LogP contribution in [0.3, 0.4) is 0 Å². The van der Waals surface area contributed by atoms with E-state index in [1.165, 1.54) is 0 Å². The van der Waals surface area contributed by atoms with E-state index < -0.39 is 6.04 Å². The number of hydrogen-bond acceptors (Lipinski definition) is 4. The Balaban J connectivity index is 1.67. The van der Waals surface area contributed by atoms with E-state index in [9.17, 15) is 9.59 Å². The fourth-order valence-electron chi connectivity index (χ4n) is 3.26. The van der Waals surface area contributed by atoms with Crippen LogP contribution in [-0.2, 0) is 16.1 Å². The summed E-state index contributed by atoms with van der Waals surface area (Å²) in [4.78, 5) is 27.2. The largest absolute Gasteiger partial charge is 0.497 e. The SMILES string of the molecule is COCc1ccc(C(=O)N2CCCC2C(=O)Nc2ccc(OC)cc2)cc1. The second-order valence-electron chi connectivity index (χ2n) is 6.50. The molecule has 1 N–H and O–H groups in total. The van der Waals surface area contributed by atoms with Gasteiger partial charge in [0.25, 0.3) is 5.91 Å². The third-order valence-electron chi connectivity index (χ3n) is 4.69. The van der Waals surface area contributed by atoms with Crippen LogP contribution in [0, 0.1) is 0 Å². The van der Waals surface area contributed by atoms with Crippen LogP contribution in [0.25, 0.3) is 0 Å². The van der Waals surface area contributed by atoms with E-state index >= 15 is 0 Å². The normalized spacial score (nSPS) is 16.2. The highest BCUT2D eigenvalue weighted by Gasteiger charge is 2.34. The molecule has 2 aromatic rings. The van der Waals surface area contributed by atoms with E-state index in [0.717, 1.165) is 17.7 Å². The van der Waals surface area contributed by atoms with Gasteiger partial charge in [-0.1, -0.05) is 12.1 Å². The molecule has 1 heterocycles. The molecule has 0 aromatic heterocycles. The van der Waals surface area contributed by atoms with Gasteiger partial charge in [0.2, 0.25) is 5.91 Å². The number of likely N-dealkylation sites (tertiary alicyclic amines) is 1. The highest BCUT2D eigenvalue weighted by Crippen LogP contribution is 2.23. The average Bonchev–Trinajstić information content (AvgIpc) is 3.19. The molecule has 0 radical (unpaired) electrons. The Hall–Kier alpha value is -2.86. The zero-order chi connectivity index (χ0) is 19.2. The van der Waals surface area contributed by atoms with Gasteiger partial charge in [0, 0.05) is 24.9 Å². The molecule has 27 heavy (non-hydrogen) atoms. The Morgan fingerprint density at radius 2 is 1.78 bits per heavy atom. The number of benzene rings is 2. The number of carbonyl (C=O) groups is 2. The van der Waals surface area contributed by atoms with Gasteiger partial charge in [-0.15, -0.1) is 0 Å². The standard InChI is InChI=1S/C21H24N2O4/c1-26-14-15-5-7-16(8-6-15)21(25)23-13-3-4-19(23)20(24)22-17-9-11-18(27-2)12-10-17/h5-12,19H,3-4,13-14H2,1-2H3,(H,22,24). The summed E-state index contributed by atoms with van der Waals surface area (Å²) in [6.45, 7) is 1.09. The van der Waals surface area contributed by atoms with E-state index in [-0.39, 0.29) is 11.8 Å². The number of carbonyl (C=O) groups excluding carboxylic acids is 2.